The Kier molecular flexibility index (Phi) is 3.14. The second-order valence-electron chi connectivity index (χ2n) is 4.63. The van der Waals surface area contributed by atoms with Gasteiger partial charge in [0.05, 0.1) is 9.99 Å². The zero-order chi connectivity index (χ0) is 13.4. The molecule has 0 aliphatic heterocycles. The van der Waals surface area contributed by atoms with E-state index >= 15 is 0 Å². The summed E-state index contributed by atoms with van der Waals surface area (Å²) in [6.07, 6.45) is 4.68. The molecule has 0 aromatic carbocycles. The zero-order valence-corrected chi connectivity index (χ0v) is 12.5. The van der Waals surface area contributed by atoms with Gasteiger partial charge in [0.1, 0.15) is 5.65 Å². The average Bonchev–Trinajstić information content (AvgIpc) is 2.74. The number of anilines is 1. The van der Waals surface area contributed by atoms with Crippen LogP contribution in [0.1, 0.15) is 20.3 Å². The lowest BCUT2D eigenvalue weighted by Crippen LogP contribution is -2.17. The molecule has 3 aromatic rings. The average molecular weight is 319 g/mol. The number of hydrogen-bond donors (Lipinski definition) is 1. The highest BCUT2D eigenvalue weighted by molar-refractivity contribution is 9.10. The summed E-state index contributed by atoms with van der Waals surface area (Å²) in [5.41, 5.74) is 2.00. The minimum atomic E-state index is 0.373. The van der Waals surface area contributed by atoms with E-state index in [0.29, 0.717) is 6.04 Å². The van der Waals surface area contributed by atoms with Crippen molar-refractivity contribution < 1.29 is 0 Å². The Bertz CT molecular complexity index is 735. The Morgan fingerprint density at radius 1 is 1.32 bits per heavy atom. The Morgan fingerprint density at radius 3 is 2.95 bits per heavy atom. The van der Waals surface area contributed by atoms with Crippen molar-refractivity contribution in [1.29, 1.82) is 0 Å². The molecule has 4 nitrogen and oxygen atoms in total. The first-order valence-electron chi connectivity index (χ1n) is 6.38. The minimum Gasteiger partial charge on any atom is -0.353 e. The molecule has 0 aliphatic carbocycles. The molecule has 0 saturated heterocycles. The van der Waals surface area contributed by atoms with Gasteiger partial charge in [-0.05, 0) is 47.5 Å². The molecular formula is C14H15BrN4. The van der Waals surface area contributed by atoms with Gasteiger partial charge in [-0.25, -0.2) is 9.97 Å². The number of rotatable bonds is 3. The standard InChI is InChI=1S/C14H15BrN4/c1-3-9(2)18-14-17-8-6-11-12(15)10-5-4-7-16-13(10)19(11)14/h4-9H,3H2,1-2H3,(H,17,18). The molecule has 0 aliphatic rings. The fraction of sp³-hybridized carbons (Fsp3) is 0.286. The van der Waals surface area contributed by atoms with Gasteiger partial charge in [0, 0.05) is 23.8 Å². The highest BCUT2D eigenvalue weighted by Crippen LogP contribution is 2.31. The van der Waals surface area contributed by atoms with E-state index in [4.69, 9.17) is 0 Å². The molecule has 0 spiro atoms. The molecule has 3 rings (SSSR count). The lowest BCUT2D eigenvalue weighted by atomic mass is 10.3. The Labute approximate surface area is 120 Å². The van der Waals surface area contributed by atoms with Crippen LogP contribution in [0.5, 0.6) is 0 Å². The minimum absolute atomic E-state index is 0.373. The summed E-state index contributed by atoms with van der Waals surface area (Å²) in [5.74, 6) is 0.834. The first kappa shape index (κ1) is 12.4. The van der Waals surface area contributed by atoms with Gasteiger partial charge in [0.15, 0.2) is 0 Å². The second-order valence-corrected chi connectivity index (χ2v) is 5.42. The maximum Gasteiger partial charge on any atom is 0.209 e. The lowest BCUT2D eigenvalue weighted by molar-refractivity contribution is 0.750. The van der Waals surface area contributed by atoms with Crippen molar-refractivity contribution in [3.8, 4) is 0 Å². The molecule has 1 unspecified atom stereocenters. The van der Waals surface area contributed by atoms with Gasteiger partial charge in [0.25, 0.3) is 0 Å². The SMILES string of the molecule is CCC(C)Nc1nccc2c(Br)c3cccnc3n12. The van der Waals surface area contributed by atoms with E-state index in [-0.39, 0.29) is 0 Å². The van der Waals surface area contributed by atoms with Crippen LogP contribution in [0.25, 0.3) is 16.6 Å². The van der Waals surface area contributed by atoms with Crippen LogP contribution in [-0.2, 0) is 0 Å². The summed E-state index contributed by atoms with van der Waals surface area (Å²) in [7, 11) is 0. The Morgan fingerprint density at radius 2 is 2.16 bits per heavy atom. The third-order valence-corrected chi connectivity index (χ3v) is 4.16. The van der Waals surface area contributed by atoms with Crippen LogP contribution in [0.4, 0.5) is 5.95 Å². The second kappa shape index (κ2) is 4.81. The first-order chi connectivity index (χ1) is 9.22. The van der Waals surface area contributed by atoms with E-state index in [1.165, 1.54) is 0 Å². The van der Waals surface area contributed by atoms with Gasteiger partial charge in [0.2, 0.25) is 5.95 Å². The molecule has 0 radical (unpaired) electrons. The molecule has 3 aromatic heterocycles. The maximum atomic E-state index is 4.48. The number of nitrogens with one attached hydrogen (secondary N) is 1. The summed E-state index contributed by atoms with van der Waals surface area (Å²) in [4.78, 5) is 8.93. The van der Waals surface area contributed by atoms with Crippen molar-refractivity contribution in [3.05, 3.63) is 35.1 Å². The van der Waals surface area contributed by atoms with E-state index in [1.54, 1.807) is 6.20 Å². The van der Waals surface area contributed by atoms with E-state index in [1.807, 2.05) is 18.3 Å². The number of pyridine rings is 1. The molecule has 3 heterocycles. The van der Waals surface area contributed by atoms with Crippen molar-refractivity contribution in [2.24, 2.45) is 0 Å². The monoisotopic (exact) mass is 318 g/mol. The van der Waals surface area contributed by atoms with E-state index in [9.17, 15) is 0 Å². The number of fused-ring (bicyclic) bond motifs is 3. The van der Waals surface area contributed by atoms with Gasteiger partial charge in [-0.2, -0.15) is 0 Å². The fourth-order valence-corrected chi connectivity index (χ4v) is 2.74. The van der Waals surface area contributed by atoms with Crippen LogP contribution in [0, 0.1) is 0 Å². The molecule has 5 heteroatoms. The van der Waals surface area contributed by atoms with E-state index in [0.717, 1.165) is 33.4 Å². The number of halogens is 1. The number of aromatic nitrogens is 3. The quantitative estimate of drug-likeness (QED) is 0.797. The van der Waals surface area contributed by atoms with E-state index < -0.39 is 0 Å². The molecule has 0 amide bonds. The lowest BCUT2D eigenvalue weighted by Gasteiger charge is -2.13. The highest BCUT2D eigenvalue weighted by atomic mass is 79.9. The van der Waals surface area contributed by atoms with Crippen molar-refractivity contribution in [2.45, 2.75) is 26.3 Å². The zero-order valence-electron chi connectivity index (χ0n) is 10.9. The Hall–Kier alpha value is -1.62. The highest BCUT2D eigenvalue weighted by Gasteiger charge is 2.14. The Balaban J connectivity index is 2.32. The molecule has 1 atom stereocenters. The third-order valence-electron chi connectivity index (χ3n) is 3.33. The van der Waals surface area contributed by atoms with Crippen LogP contribution in [0.2, 0.25) is 0 Å². The van der Waals surface area contributed by atoms with Gasteiger partial charge in [-0.3, -0.25) is 4.40 Å². The smallest absolute Gasteiger partial charge is 0.209 e. The summed E-state index contributed by atoms with van der Waals surface area (Å²) in [6, 6.07) is 6.37. The van der Waals surface area contributed by atoms with Crippen LogP contribution >= 0.6 is 15.9 Å². The normalized spacial score (nSPS) is 13.0. The molecule has 19 heavy (non-hydrogen) atoms. The third kappa shape index (κ3) is 1.98. The van der Waals surface area contributed by atoms with Crippen LogP contribution in [0.3, 0.4) is 0 Å². The summed E-state index contributed by atoms with van der Waals surface area (Å²) in [5, 5.41) is 4.53. The van der Waals surface area contributed by atoms with Gasteiger partial charge < -0.3 is 5.32 Å². The molecule has 98 valence electrons. The van der Waals surface area contributed by atoms with Crippen molar-refractivity contribution in [3.63, 3.8) is 0 Å². The molecule has 0 saturated carbocycles. The fourth-order valence-electron chi connectivity index (χ4n) is 2.12. The van der Waals surface area contributed by atoms with Crippen LogP contribution < -0.4 is 5.32 Å². The maximum absolute atomic E-state index is 4.48. The first-order valence-corrected chi connectivity index (χ1v) is 7.18. The van der Waals surface area contributed by atoms with Crippen molar-refractivity contribution in [2.75, 3.05) is 5.32 Å². The van der Waals surface area contributed by atoms with Crippen molar-refractivity contribution in [1.82, 2.24) is 14.4 Å². The van der Waals surface area contributed by atoms with Gasteiger partial charge in [-0.1, -0.05) is 6.92 Å². The predicted octanol–water partition coefficient (Wildman–Crippen LogP) is 3.86. The molecule has 1 N–H and O–H groups in total. The molecular weight excluding hydrogens is 304 g/mol. The van der Waals surface area contributed by atoms with E-state index in [2.05, 4.69) is 55.5 Å². The number of hydrogen-bond acceptors (Lipinski definition) is 3. The van der Waals surface area contributed by atoms with Crippen LogP contribution in [0.15, 0.2) is 35.1 Å². The topological polar surface area (TPSA) is 42.2 Å². The summed E-state index contributed by atoms with van der Waals surface area (Å²) in [6.45, 7) is 4.30. The van der Waals surface area contributed by atoms with Gasteiger partial charge in [-0.15, -0.1) is 0 Å². The number of nitrogens with zero attached hydrogens (tertiary/aromatic N) is 3. The largest absolute Gasteiger partial charge is 0.353 e. The molecule has 0 fully saturated rings. The van der Waals surface area contributed by atoms with Gasteiger partial charge >= 0.3 is 0 Å². The summed E-state index contributed by atoms with van der Waals surface area (Å²) >= 11 is 3.65. The molecule has 0 bridgehead atoms. The van der Waals surface area contributed by atoms with Crippen molar-refractivity contribution >= 4 is 38.4 Å². The predicted molar refractivity (Wildman–Crippen MR) is 81.6 cm³/mol. The van der Waals surface area contributed by atoms with Crippen LogP contribution in [-0.4, -0.2) is 20.4 Å². The summed E-state index contributed by atoms with van der Waals surface area (Å²) < 4.78 is 3.12.